The van der Waals surface area contributed by atoms with Gasteiger partial charge in [-0.2, -0.15) is 0 Å². The molecule has 0 heterocycles. The average Bonchev–Trinajstić information content (AvgIpc) is 2.62. The minimum atomic E-state index is -0.709. The molecule has 2 aromatic rings. The van der Waals surface area contributed by atoms with Crippen molar-refractivity contribution in [1.82, 2.24) is 5.32 Å². The van der Waals surface area contributed by atoms with Crippen LogP contribution in [0.5, 0.6) is 5.75 Å². The maximum absolute atomic E-state index is 10.7. The molecule has 0 aliphatic rings. The Morgan fingerprint density at radius 2 is 1.96 bits per heavy atom. The van der Waals surface area contributed by atoms with E-state index in [2.05, 4.69) is 36.5 Å². The van der Waals surface area contributed by atoms with Crippen LogP contribution in [-0.2, 0) is 0 Å². The number of non-ortho nitro benzene ring substituents is 1. The van der Waals surface area contributed by atoms with E-state index >= 15 is 0 Å². The van der Waals surface area contributed by atoms with Gasteiger partial charge in [-0.3, -0.25) is 10.1 Å². The molecule has 6 heteroatoms. The number of ether oxygens (including phenoxy) is 1. The van der Waals surface area contributed by atoms with Gasteiger partial charge < -0.3 is 15.2 Å². The van der Waals surface area contributed by atoms with Crippen molar-refractivity contribution in [3.05, 3.63) is 69.8 Å². The van der Waals surface area contributed by atoms with E-state index in [0.29, 0.717) is 12.3 Å². The molecule has 6 nitrogen and oxygen atoms in total. The molecule has 0 spiro atoms. The molecule has 25 heavy (non-hydrogen) atoms. The molecule has 0 saturated carbocycles. The minimum Gasteiger partial charge on any atom is -0.491 e. The summed E-state index contributed by atoms with van der Waals surface area (Å²) in [5.74, 6) is 0.374. The van der Waals surface area contributed by atoms with Gasteiger partial charge in [0.1, 0.15) is 18.5 Å². The van der Waals surface area contributed by atoms with Crippen molar-refractivity contribution in [3.8, 4) is 5.75 Å². The average molecular weight is 344 g/mol. The van der Waals surface area contributed by atoms with E-state index in [9.17, 15) is 15.2 Å². The second-order valence-electron chi connectivity index (χ2n) is 6.00. The number of rotatable bonds is 9. The number of benzene rings is 2. The van der Waals surface area contributed by atoms with E-state index in [1.807, 2.05) is 6.92 Å². The van der Waals surface area contributed by atoms with E-state index in [4.69, 9.17) is 4.74 Å². The number of aryl methyl sites for hydroxylation is 1. The summed E-state index contributed by atoms with van der Waals surface area (Å²) < 4.78 is 5.45. The predicted molar refractivity (Wildman–Crippen MR) is 96.8 cm³/mol. The molecule has 0 unspecified atom stereocenters. The third-order valence-corrected chi connectivity index (χ3v) is 3.96. The first-order valence-corrected chi connectivity index (χ1v) is 8.35. The van der Waals surface area contributed by atoms with Crippen LogP contribution in [0.15, 0.2) is 48.5 Å². The number of hydrogen-bond acceptors (Lipinski definition) is 5. The van der Waals surface area contributed by atoms with Crippen molar-refractivity contribution in [1.29, 1.82) is 0 Å². The number of aliphatic hydroxyl groups excluding tert-OH is 1. The van der Waals surface area contributed by atoms with E-state index in [0.717, 1.165) is 6.42 Å². The van der Waals surface area contributed by atoms with Crippen LogP contribution in [0.1, 0.15) is 30.5 Å². The first-order valence-electron chi connectivity index (χ1n) is 8.35. The molecule has 0 amide bonds. The van der Waals surface area contributed by atoms with Crippen LogP contribution < -0.4 is 10.1 Å². The van der Waals surface area contributed by atoms with Gasteiger partial charge in [0.05, 0.1) is 11.0 Å². The molecule has 2 atom stereocenters. The lowest BCUT2D eigenvalue weighted by atomic mass is 10.0. The summed E-state index contributed by atoms with van der Waals surface area (Å²) in [7, 11) is 0. The maximum Gasteiger partial charge on any atom is 0.273 e. The lowest BCUT2D eigenvalue weighted by Gasteiger charge is -2.20. The highest BCUT2D eigenvalue weighted by Gasteiger charge is 2.13. The molecule has 0 radical (unpaired) electrons. The fourth-order valence-electron chi connectivity index (χ4n) is 2.51. The van der Waals surface area contributed by atoms with Crippen molar-refractivity contribution in [2.24, 2.45) is 0 Å². The monoisotopic (exact) mass is 344 g/mol. The fraction of sp³-hybridized carbons (Fsp3) is 0.368. The summed E-state index contributed by atoms with van der Waals surface area (Å²) in [6.45, 7) is 4.58. The summed E-state index contributed by atoms with van der Waals surface area (Å²) in [5.41, 5.74) is 2.36. The first-order chi connectivity index (χ1) is 12.0. The third kappa shape index (κ3) is 5.85. The number of nitro benzene ring substituents is 1. The van der Waals surface area contributed by atoms with Gasteiger partial charge in [0.15, 0.2) is 0 Å². The van der Waals surface area contributed by atoms with E-state index in [1.165, 1.54) is 23.3 Å². The van der Waals surface area contributed by atoms with Gasteiger partial charge in [0, 0.05) is 18.7 Å². The van der Waals surface area contributed by atoms with Crippen LogP contribution in [-0.4, -0.2) is 29.3 Å². The molecule has 0 aliphatic carbocycles. The second-order valence-corrected chi connectivity index (χ2v) is 6.00. The maximum atomic E-state index is 10.7. The normalized spacial score (nSPS) is 13.2. The first kappa shape index (κ1) is 18.9. The van der Waals surface area contributed by atoms with Gasteiger partial charge in [0.25, 0.3) is 5.69 Å². The van der Waals surface area contributed by atoms with Crippen molar-refractivity contribution in [2.45, 2.75) is 32.4 Å². The molecule has 0 bridgehead atoms. The van der Waals surface area contributed by atoms with Crippen LogP contribution in [0.2, 0.25) is 0 Å². The summed E-state index contributed by atoms with van der Waals surface area (Å²) in [5, 5.41) is 24.2. The molecular formula is C19H24N2O4. The van der Waals surface area contributed by atoms with Crippen molar-refractivity contribution >= 4 is 5.69 Å². The number of nitro groups is 1. The summed E-state index contributed by atoms with van der Waals surface area (Å²) in [6, 6.07) is 14.4. The Morgan fingerprint density at radius 3 is 2.60 bits per heavy atom. The molecule has 0 fully saturated rings. The lowest BCUT2D eigenvalue weighted by molar-refractivity contribution is -0.384. The Morgan fingerprint density at radius 1 is 1.24 bits per heavy atom. The number of aliphatic hydroxyl groups is 1. The van der Waals surface area contributed by atoms with Crippen LogP contribution in [0, 0.1) is 17.0 Å². The van der Waals surface area contributed by atoms with E-state index in [1.54, 1.807) is 12.1 Å². The van der Waals surface area contributed by atoms with Gasteiger partial charge in [-0.25, -0.2) is 0 Å². The van der Waals surface area contributed by atoms with E-state index in [-0.39, 0.29) is 18.3 Å². The van der Waals surface area contributed by atoms with Crippen molar-refractivity contribution in [2.75, 3.05) is 13.2 Å². The Kier molecular flexibility index (Phi) is 6.91. The molecular weight excluding hydrogens is 320 g/mol. The molecule has 2 N–H and O–H groups in total. The van der Waals surface area contributed by atoms with Gasteiger partial charge in [-0.1, -0.05) is 42.8 Å². The molecule has 2 rings (SSSR count). The third-order valence-electron chi connectivity index (χ3n) is 3.96. The Balaban J connectivity index is 1.83. The molecule has 0 saturated heterocycles. The lowest BCUT2D eigenvalue weighted by Crippen LogP contribution is -2.33. The highest BCUT2D eigenvalue weighted by molar-refractivity contribution is 5.37. The van der Waals surface area contributed by atoms with Crippen LogP contribution in [0.25, 0.3) is 0 Å². The molecule has 134 valence electrons. The number of nitrogens with zero attached hydrogens (tertiary/aromatic N) is 1. The van der Waals surface area contributed by atoms with Crippen LogP contribution in [0.4, 0.5) is 5.69 Å². The molecule has 0 aromatic heterocycles. The smallest absolute Gasteiger partial charge is 0.273 e. The summed E-state index contributed by atoms with van der Waals surface area (Å²) in [4.78, 5) is 10.3. The molecule has 2 aromatic carbocycles. The zero-order valence-corrected chi connectivity index (χ0v) is 14.5. The highest BCUT2D eigenvalue weighted by atomic mass is 16.6. The Bertz CT molecular complexity index is 688. The summed E-state index contributed by atoms with van der Waals surface area (Å²) >= 11 is 0. The SMILES string of the molecule is CC[C@@H](NC[C@H](O)COc1cccc([N+](=O)[O-])c1)c1ccc(C)cc1. The van der Waals surface area contributed by atoms with Gasteiger partial charge in [0.2, 0.25) is 0 Å². The minimum absolute atomic E-state index is 0.0319. The zero-order valence-electron chi connectivity index (χ0n) is 14.5. The quantitative estimate of drug-likeness (QED) is 0.538. The number of nitrogens with one attached hydrogen (secondary N) is 1. The molecule has 0 aliphatic heterocycles. The second kappa shape index (κ2) is 9.15. The van der Waals surface area contributed by atoms with Crippen molar-refractivity contribution in [3.63, 3.8) is 0 Å². The van der Waals surface area contributed by atoms with Crippen LogP contribution in [0.3, 0.4) is 0 Å². The van der Waals surface area contributed by atoms with Crippen LogP contribution >= 0.6 is 0 Å². The van der Waals surface area contributed by atoms with E-state index < -0.39 is 11.0 Å². The Hall–Kier alpha value is -2.44. The van der Waals surface area contributed by atoms with Gasteiger partial charge in [-0.05, 0) is 25.0 Å². The predicted octanol–water partition coefficient (Wildman–Crippen LogP) is 3.38. The number of hydrogen-bond donors (Lipinski definition) is 2. The Labute approximate surface area is 147 Å². The largest absolute Gasteiger partial charge is 0.491 e. The highest BCUT2D eigenvalue weighted by Crippen LogP contribution is 2.19. The van der Waals surface area contributed by atoms with Crippen molar-refractivity contribution < 1.29 is 14.8 Å². The fourth-order valence-corrected chi connectivity index (χ4v) is 2.51. The zero-order chi connectivity index (χ0) is 18.2. The van der Waals surface area contributed by atoms with Gasteiger partial charge >= 0.3 is 0 Å². The standard InChI is InChI=1S/C19H24N2O4/c1-3-19(15-9-7-14(2)8-10-15)20-12-17(22)13-25-18-6-4-5-16(11-18)21(23)24/h4-11,17,19-20,22H,3,12-13H2,1-2H3/t17-,19+/m0/s1. The van der Waals surface area contributed by atoms with Gasteiger partial charge in [-0.15, -0.1) is 0 Å². The summed E-state index contributed by atoms with van der Waals surface area (Å²) in [6.07, 6.45) is 0.195. The topological polar surface area (TPSA) is 84.6 Å².